The molecule has 1 aliphatic heterocycles. The number of ether oxygens (including phenoxy) is 1. The summed E-state index contributed by atoms with van der Waals surface area (Å²) in [5, 5.41) is 3.44. The first-order valence-corrected chi connectivity index (χ1v) is 8.33. The summed E-state index contributed by atoms with van der Waals surface area (Å²) in [6.45, 7) is 4.33. The molecule has 4 heteroatoms. The van der Waals surface area contributed by atoms with Gasteiger partial charge in [-0.25, -0.2) is 4.79 Å². The molecule has 1 saturated heterocycles. The zero-order valence-corrected chi connectivity index (χ0v) is 13.8. The maximum absolute atomic E-state index is 11.8. The van der Waals surface area contributed by atoms with Crippen LogP contribution in [0.3, 0.4) is 0 Å². The number of rotatable bonds is 2. The largest absolute Gasteiger partial charge is 0.463 e. The highest BCUT2D eigenvalue weighted by molar-refractivity contribution is 9.10. The molecule has 0 radical (unpaired) electrons. The lowest BCUT2D eigenvalue weighted by Crippen LogP contribution is -2.38. The van der Waals surface area contributed by atoms with E-state index in [1.54, 1.807) is 6.08 Å². The van der Waals surface area contributed by atoms with Gasteiger partial charge in [0.2, 0.25) is 0 Å². The second kappa shape index (κ2) is 5.93. The lowest BCUT2D eigenvalue weighted by Gasteiger charge is -2.35. The molecule has 3 nitrogen and oxygen atoms in total. The normalized spacial score (nSPS) is 21.5. The van der Waals surface area contributed by atoms with Crippen LogP contribution in [0.25, 0.3) is 5.57 Å². The van der Waals surface area contributed by atoms with Crippen molar-refractivity contribution in [2.24, 2.45) is 0 Å². The van der Waals surface area contributed by atoms with Gasteiger partial charge in [-0.1, -0.05) is 28.1 Å². The Bertz CT molecular complexity index is 588. The van der Waals surface area contributed by atoms with Gasteiger partial charge in [0.05, 0.1) is 6.61 Å². The molecule has 112 valence electrons. The number of nitrogens with one attached hydrogen (secondary N) is 1. The van der Waals surface area contributed by atoms with E-state index >= 15 is 0 Å². The van der Waals surface area contributed by atoms with E-state index in [1.165, 1.54) is 11.1 Å². The van der Waals surface area contributed by atoms with Gasteiger partial charge in [0.1, 0.15) is 0 Å². The van der Waals surface area contributed by atoms with Crippen LogP contribution in [0.4, 0.5) is 0 Å². The summed E-state index contributed by atoms with van der Waals surface area (Å²) in [7, 11) is 0. The van der Waals surface area contributed by atoms with E-state index < -0.39 is 0 Å². The Labute approximate surface area is 133 Å². The van der Waals surface area contributed by atoms with E-state index in [2.05, 4.69) is 33.4 Å². The summed E-state index contributed by atoms with van der Waals surface area (Å²) >= 11 is 3.72. The molecule has 3 rings (SSSR count). The van der Waals surface area contributed by atoms with E-state index in [1.807, 2.05) is 13.0 Å². The minimum Gasteiger partial charge on any atom is -0.463 e. The van der Waals surface area contributed by atoms with Gasteiger partial charge in [-0.2, -0.15) is 0 Å². The first-order valence-electron chi connectivity index (χ1n) is 7.54. The molecular weight excluding hydrogens is 330 g/mol. The number of carbonyl (C=O) groups excluding carboxylic acids is 1. The van der Waals surface area contributed by atoms with Crippen molar-refractivity contribution in [2.75, 3.05) is 19.7 Å². The average molecular weight is 350 g/mol. The van der Waals surface area contributed by atoms with Gasteiger partial charge < -0.3 is 10.1 Å². The summed E-state index contributed by atoms with van der Waals surface area (Å²) in [6, 6.07) is 6.28. The fourth-order valence-electron chi connectivity index (χ4n) is 3.67. The highest BCUT2D eigenvalue weighted by Crippen LogP contribution is 2.52. The number of esters is 1. The molecule has 1 spiro atoms. The van der Waals surface area contributed by atoms with Crippen LogP contribution in [0.2, 0.25) is 0 Å². The Hall–Kier alpha value is -1.13. The van der Waals surface area contributed by atoms with E-state index in [0.29, 0.717) is 6.61 Å². The number of allylic oxidation sites excluding steroid dienone is 1. The molecule has 0 aromatic heterocycles. The van der Waals surface area contributed by atoms with Gasteiger partial charge in [0.25, 0.3) is 0 Å². The Morgan fingerprint density at radius 3 is 2.90 bits per heavy atom. The number of piperidine rings is 1. The van der Waals surface area contributed by atoms with Crippen molar-refractivity contribution < 1.29 is 9.53 Å². The summed E-state index contributed by atoms with van der Waals surface area (Å²) in [4.78, 5) is 11.8. The molecule has 2 aliphatic rings. The maximum Gasteiger partial charge on any atom is 0.331 e. The molecule has 21 heavy (non-hydrogen) atoms. The quantitative estimate of drug-likeness (QED) is 0.656. The monoisotopic (exact) mass is 349 g/mol. The van der Waals surface area contributed by atoms with Crippen LogP contribution < -0.4 is 5.32 Å². The Morgan fingerprint density at radius 2 is 2.19 bits per heavy atom. The first-order chi connectivity index (χ1) is 10.2. The zero-order valence-electron chi connectivity index (χ0n) is 12.2. The molecule has 0 bridgehead atoms. The van der Waals surface area contributed by atoms with Gasteiger partial charge in [0.15, 0.2) is 0 Å². The molecule has 1 aromatic rings. The van der Waals surface area contributed by atoms with Gasteiger partial charge >= 0.3 is 5.97 Å². The lowest BCUT2D eigenvalue weighted by atomic mass is 9.74. The van der Waals surface area contributed by atoms with Crippen molar-refractivity contribution in [1.29, 1.82) is 0 Å². The van der Waals surface area contributed by atoms with Crippen LogP contribution in [0.15, 0.2) is 28.7 Å². The van der Waals surface area contributed by atoms with Crippen molar-refractivity contribution in [3.8, 4) is 0 Å². The third-order valence-corrected chi connectivity index (χ3v) is 5.22. The van der Waals surface area contributed by atoms with Crippen LogP contribution >= 0.6 is 15.9 Å². The van der Waals surface area contributed by atoms with Crippen LogP contribution in [-0.4, -0.2) is 25.7 Å². The van der Waals surface area contributed by atoms with E-state index in [4.69, 9.17) is 4.74 Å². The second-order valence-electron chi connectivity index (χ2n) is 5.79. The fraction of sp³-hybridized carbons (Fsp3) is 0.471. The SMILES string of the molecule is CCOC(=O)/C=C1\CC2(CCNCC2)c2c(Br)cccc21. The third-order valence-electron chi connectivity index (χ3n) is 4.56. The molecule has 0 atom stereocenters. The van der Waals surface area contributed by atoms with E-state index in [0.717, 1.165) is 42.4 Å². The van der Waals surface area contributed by atoms with Crippen molar-refractivity contribution in [3.63, 3.8) is 0 Å². The molecule has 1 aliphatic carbocycles. The topological polar surface area (TPSA) is 38.3 Å². The molecular formula is C17H20BrNO2. The van der Waals surface area contributed by atoms with Gasteiger partial charge in [0, 0.05) is 16.0 Å². The number of carbonyl (C=O) groups is 1. The summed E-state index contributed by atoms with van der Waals surface area (Å²) in [5.74, 6) is -0.232. The van der Waals surface area contributed by atoms with Crippen LogP contribution in [0.5, 0.6) is 0 Å². The minimum absolute atomic E-state index is 0.166. The van der Waals surface area contributed by atoms with Crippen molar-refractivity contribution in [2.45, 2.75) is 31.6 Å². The molecule has 0 amide bonds. The molecule has 1 fully saturated rings. The van der Waals surface area contributed by atoms with Crippen molar-refractivity contribution in [3.05, 3.63) is 39.9 Å². The minimum atomic E-state index is -0.232. The molecule has 0 saturated carbocycles. The van der Waals surface area contributed by atoms with Gasteiger partial charge in [-0.15, -0.1) is 0 Å². The maximum atomic E-state index is 11.8. The van der Waals surface area contributed by atoms with Crippen LogP contribution in [0.1, 0.15) is 37.3 Å². The van der Waals surface area contributed by atoms with Crippen LogP contribution in [-0.2, 0) is 14.9 Å². The Kier molecular flexibility index (Phi) is 4.18. The Morgan fingerprint density at radius 1 is 1.43 bits per heavy atom. The van der Waals surface area contributed by atoms with Crippen molar-refractivity contribution in [1.82, 2.24) is 5.32 Å². The van der Waals surface area contributed by atoms with Gasteiger partial charge in [-0.3, -0.25) is 0 Å². The predicted octanol–water partition coefficient (Wildman–Crippen LogP) is 3.42. The number of hydrogen-bond donors (Lipinski definition) is 1. The number of halogens is 1. The number of benzene rings is 1. The summed E-state index contributed by atoms with van der Waals surface area (Å²) in [6.07, 6.45) is 4.85. The second-order valence-corrected chi connectivity index (χ2v) is 6.65. The summed E-state index contributed by atoms with van der Waals surface area (Å²) < 4.78 is 6.25. The third kappa shape index (κ3) is 2.67. The van der Waals surface area contributed by atoms with Crippen LogP contribution in [0, 0.1) is 0 Å². The molecule has 1 N–H and O–H groups in total. The fourth-order valence-corrected chi connectivity index (χ4v) is 4.45. The average Bonchev–Trinajstić information content (AvgIpc) is 2.75. The van der Waals surface area contributed by atoms with Crippen molar-refractivity contribution >= 4 is 27.5 Å². The molecule has 1 aromatic carbocycles. The van der Waals surface area contributed by atoms with E-state index in [-0.39, 0.29) is 11.4 Å². The number of hydrogen-bond acceptors (Lipinski definition) is 3. The smallest absolute Gasteiger partial charge is 0.331 e. The summed E-state index contributed by atoms with van der Waals surface area (Å²) in [5.41, 5.74) is 3.87. The lowest BCUT2D eigenvalue weighted by molar-refractivity contribution is -0.137. The van der Waals surface area contributed by atoms with Gasteiger partial charge in [-0.05, 0) is 62.0 Å². The highest BCUT2D eigenvalue weighted by Gasteiger charge is 2.43. The Balaban J connectivity index is 2.04. The number of fused-ring (bicyclic) bond motifs is 2. The molecule has 0 unspecified atom stereocenters. The molecule has 1 heterocycles. The predicted molar refractivity (Wildman–Crippen MR) is 87.2 cm³/mol. The zero-order chi connectivity index (χ0) is 14.9. The van der Waals surface area contributed by atoms with E-state index in [9.17, 15) is 4.79 Å². The highest BCUT2D eigenvalue weighted by atomic mass is 79.9. The standard InChI is InChI=1S/C17H20BrNO2/c1-2-21-15(20)10-12-11-17(6-8-19-9-7-17)16-13(12)4-3-5-14(16)18/h3-5,10,19H,2,6-9,11H2,1H3/b12-10+. The first kappa shape index (κ1) is 14.8.